The summed E-state index contributed by atoms with van der Waals surface area (Å²) < 4.78 is 0. The normalized spacial score (nSPS) is 21.1. The molecule has 0 saturated heterocycles. The molecule has 1 rings (SSSR count). The molecule has 0 aliphatic heterocycles. The van der Waals surface area contributed by atoms with Crippen molar-refractivity contribution < 1.29 is 9.90 Å². The van der Waals surface area contributed by atoms with Crippen molar-refractivity contribution in [2.45, 2.75) is 45.1 Å². The van der Waals surface area contributed by atoms with Crippen LogP contribution in [0.5, 0.6) is 0 Å². The maximum absolute atomic E-state index is 10.8. The Balaban J connectivity index is 2.39. The van der Waals surface area contributed by atoms with Crippen molar-refractivity contribution >= 4 is 5.91 Å². The highest BCUT2D eigenvalue weighted by atomic mass is 16.3. The van der Waals surface area contributed by atoms with Gasteiger partial charge < -0.3 is 10.4 Å². The molecule has 1 saturated carbocycles. The summed E-state index contributed by atoms with van der Waals surface area (Å²) in [5.41, 5.74) is 0. The summed E-state index contributed by atoms with van der Waals surface area (Å²) in [5, 5.41) is 11.9. The van der Waals surface area contributed by atoms with Gasteiger partial charge in [0.05, 0.1) is 12.6 Å². The average Bonchev–Trinajstić information content (AvgIpc) is 2.15. The summed E-state index contributed by atoms with van der Waals surface area (Å²) in [7, 11) is 0. The highest BCUT2D eigenvalue weighted by Gasteiger charge is 2.23. The van der Waals surface area contributed by atoms with E-state index in [1.54, 1.807) is 0 Å². The molecule has 0 bridgehead atoms. The van der Waals surface area contributed by atoms with E-state index in [9.17, 15) is 4.79 Å². The van der Waals surface area contributed by atoms with Crippen LogP contribution in [0.15, 0.2) is 0 Å². The molecule has 3 nitrogen and oxygen atoms in total. The number of nitrogens with one attached hydrogen (secondary N) is 1. The summed E-state index contributed by atoms with van der Waals surface area (Å²) in [5.74, 6) is 0.451. The Hall–Kier alpha value is -0.570. The van der Waals surface area contributed by atoms with Crippen LogP contribution in [0.3, 0.4) is 0 Å². The first-order valence-electron chi connectivity index (χ1n) is 5.12. The Morgan fingerprint density at radius 3 is 2.54 bits per heavy atom. The zero-order chi connectivity index (χ0) is 9.68. The molecular weight excluding hydrogens is 166 g/mol. The maximum atomic E-state index is 10.8. The van der Waals surface area contributed by atoms with E-state index in [0.717, 1.165) is 12.8 Å². The average molecular weight is 185 g/mol. The van der Waals surface area contributed by atoms with Crippen molar-refractivity contribution in [3.05, 3.63) is 0 Å². The lowest BCUT2D eigenvalue weighted by Gasteiger charge is -2.29. The molecule has 1 amide bonds. The van der Waals surface area contributed by atoms with Gasteiger partial charge in [0.15, 0.2) is 0 Å². The number of hydrogen-bond donors (Lipinski definition) is 2. The fraction of sp³-hybridized carbons (Fsp3) is 0.900. The van der Waals surface area contributed by atoms with E-state index in [1.807, 2.05) is 0 Å². The van der Waals surface area contributed by atoms with Gasteiger partial charge in [-0.15, -0.1) is 0 Å². The van der Waals surface area contributed by atoms with Gasteiger partial charge >= 0.3 is 0 Å². The topological polar surface area (TPSA) is 49.3 Å². The number of amides is 1. The van der Waals surface area contributed by atoms with Gasteiger partial charge in [-0.05, 0) is 18.8 Å². The Morgan fingerprint density at radius 2 is 2.08 bits per heavy atom. The van der Waals surface area contributed by atoms with Crippen LogP contribution in [0.4, 0.5) is 0 Å². The van der Waals surface area contributed by atoms with E-state index in [-0.39, 0.29) is 18.6 Å². The minimum Gasteiger partial charge on any atom is -0.394 e. The van der Waals surface area contributed by atoms with Gasteiger partial charge in [0.25, 0.3) is 0 Å². The first-order valence-corrected chi connectivity index (χ1v) is 5.12. The fourth-order valence-corrected chi connectivity index (χ4v) is 2.11. The second-order valence-electron chi connectivity index (χ2n) is 3.89. The minimum absolute atomic E-state index is 0.0159. The highest BCUT2D eigenvalue weighted by molar-refractivity contribution is 5.73. The standard InChI is InChI=1S/C10H19NO2/c1-8(13)11-10(7-12)9-5-3-2-4-6-9/h9-10,12H,2-7H2,1H3,(H,11,13)/t10-/m1/s1. The Morgan fingerprint density at radius 1 is 1.46 bits per heavy atom. The number of hydrogen-bond acceptors (Lipinski definition) is 2. The number of aliphatic hydroxyl groups is 1. The lowest BCUT2D eigenvalue weighted by Crippen LogP contribution is -2.42. The summed E-state index contributed by atoms with van der Waals surface area (Å²) in [6.45, 7) is 1.58. The van der Waals surface area contributed by atoms with Crippen LogP contribution in [-0.2, 0) is 4.79 Å². The number of carbonyl (C=O) groups is 1. The van der Waals surface area contributed by atoms with Crippen molar-refractivity contribution in [2.24, 2.45) is 5.92 Å². The third-order valence-electron chi connectivity index (χ3n) is 2.80. The van der Waals surface area contributed by atoms with Gasteiger partial charge in [-0.1, -0.05) is 19.3 Å². The Kier molecular flexibility index (Phi) is 4.22. The molecule has 1 fully saturated rings. The SMILES string of the molecule is CC(=O)N[C@H](CO)C1CCCCC1. The van der Waals surface area contributed by atoms with Crippen LogP contribution in [0.2, 0.25) is 0 Å². The molecule has 1 atom stereocenters. The largest absolute Gasteiger partial charge is 0.394 e. The molecule has 0 unspecified atom stereocenters. The van der Waals surface area contributed by atoms with Crippen LogP contribution < -0.4 is 5.32 Å². The third-order valence-corrected chi connectivity index (χ3v) is 2.80. The lowest BCUT2D eigenvalue weighted by molar-refractivity contribution is -0.120. The van der Waals surface area contributed by atoms with Gasteiger partial charge in [-0.2, -0.15) is 0 Å². The van der Waals surface area contributed by atoms with E-state index < -0.39 is 0 Å². The van der Waals surface area contributed by atoms with Gasteiger partial charge in [-0.3, -0.25) is 4.79 Å². The highest BCUT2D eigenvalue weighted by Crippen LogP contribution is 2.26. The van der Waals surface area contributed by atoms with Crippen molar-refractivity contribution in [2.75, 3.05) is 6.61 Å². The van der Waals surface area contributed by atoms with Crippen molar-refractivity contribution in [1.82, 2.24) is 5.32 Å². The molecule has 13 heavy (non-hydrogen) atoms. The first kappa shape index (κ1) is 10.5. The molecule has 0 radical (unpaired) electrons. The first-order chi connectivity index (χ1) is 6.24. The van der Waals surface area contributed by atoms with Crippen molar-refractivity contribution in [3.63, 3.8) is 0 Å². The quantitative estimate of drug-likeness (QED) is 0.691. The monoisotopic (exact) mass is 185 g/mol. The number of carbonyl (C=O) groups excluding carboxylic acids is 1. The molecule has 0 spiro atoms. The molecule has 0 aromatic carbocycles. The van der Waals surface area contributed by atoms with Gasteiger partial charge in [-0.25, -0.2) is 0 Å². The van der Waals surface area contributed by atoms with E-state index in [1.165, 1.54) is 26.2 Å². The molecule has 0 aromatic heterocycles. The summed E-state index contributed by atoms with van der Waals surface area (Å²) in [4.78, 5) is 10.8. The predicted octanol–water partition coefficient (Wildman–Crippen LogP) is 1.06. The summed E-state index contributed by atoms with van der Waals surface area (Å²) in [6.07, 6.45) is 6.06. The second-order valence-corrected chi connectivity index (χ2v) is 3.89. The van der Waals surface area contributed by atoms with Crippen LogP contribution in [-0.4, -0.2) is 23.7 Å². The molecular formula is C10H19NO2. The van der Waals surface area contributed by atoms with Crippen molar-refractivity contribution in [3.8, 4) is 0 Å². The van der Waals surface area contributed by atoms with Crippen molar-refractivity contribution in [1.29, 1.82) is 0 Å². The zero-order valence-electron chi connectivity index (χ0n) is 8.25. The van der Waals surface area contributed by atoms with Gasteiger partial charge in [0, 0.05) is 6.92 Å². The smallest absolute Gasteiger partial charge is 0.217 e. The molecule has 76 valence electrons. The van der Waals surface area contributed by atoms with Crippen LogP contribution in [0.25, 0.3) is 0 Å². The molecule has 1 aliphatic carbocycles. The lowest BCUT2D eigenvalue weighted by atomic mass is 9.84. The molecule has 0 heterocycles. The Bertz CT molecular complexity index is 164. The van der Waals surface area contributed by atoms with Gasteiger partial charge in [0.1, 0.15) is 0 Å². The van der Waals surface area contributed by atoms with E-state index in [0.29, 0.717) is 5.92 Å². The number of rotatable bonds is 3. The van der Waals surface area contributed by atoms with E-state index >= 15 is 0 Å². The van der Waals surface area contributed by atoms with Crippen LogP contribution >= 0.6 is 0 Å². The Labute approximate surface area is 79.5 Å². The zero-order valence-corrected chi connectivity index (χ0v) is 8.25. The second kappa shape index (κ2) is 5.22. The third kappa shape index (κ3) is 3.35. The predicted molar refractivity (Wildman–Crippen MR) is 51.3 cm³/mol. The number of aliphatic hydroxyl groups excluding tert-OH is 1. The minimum atomic E-state index is -0.0374. The summed E-state index contributed by atoms with van der Waals surface area (Å²) >= 11 is 0. The van der Waals surface area contributed by atoms with E-state index in [4.69, 9.17) is 5.11 Å². The molecule has 1 aliphatic rings. The van der Waals surface area contributed by atoms with E-state index in [2.05, 4.69) is 5.32 Å². The van der Waals surface area contributed by atoms with Crippen LogP contribution in [0, 0.1) is 5.92 Å². The fourth-order valence-electron chi connectivity index (χ4n) is 2.11. The maximum Gasteiger partial charge on any atom is 0.217 e. The van der Waals surface area contributed by atoms with Gasteiger partial charge in [0.2, 0.25) is 5.91 Å². The molecule has 2 N–H and O–H groups in total. The summed E-state index contributed by atoms with van der Waals surface area (Å²) in [6, 6.07) is -0.0159. The molecule has 3 heteroatoms. The molecule has 0 aromatic rings. The van der Waals surface area contributed by atoms with Crippen LogP contribution in [0.1, 0.15) is 39.0 Å².